The number of rotatable bonds is 9. The van der Waals surface area contributed by atoms with E-state index in [0.717, 1.165) is 53.8 Å². The molecular formula is C50H45N. The predicted octanol–water partition coefficient (Wildman–Crippen LogP) is 13.7. The van der Waals surface area contributed by atoms with Crippen LogP contribution in [0.1, 0.15) is 66.0 Å². The van der Waals surface area contributed by atoms with Gasteiger partial charge in [0.1, 0.15) is 0 Å². The lowest BCUT2D eigenvalue weighted by atomic mass is 9.83. The maximum atomic E-state index is 5.20. The van der Waals surface area contributed by atoms with E-state index in [1.165, 1.54) is 61.2 Å². The van der Waals surface area contributed by atoms with Crippen molar-refractivity contribution in [3.05, 3.63) is 203 Å². The van der Waals surface area contributed by atoms with Crippen LogP contribution in [0, 0.1) is 13.8 Å². The summed E-state index contributed by atoms with van der Waals surface area (Å²) >= 11 is 0. The predicted molar refractivity (Wildman–Crippen MR) is 221 cm³/mol. The molecule has 0 N–H and O–H groups in total. The zero-order chi connectivity index (χ0) is 35.2. The highest BCUT2D eigenvalue weighted by atomic mass is 14.8. The van der Waals surface area contributed by atoms with Crippen molar-refractivity contribution in [2.75, 3.05) is 0 Å². The van der Waals surface area contributed by atoms with E-state index in [4.69, 9.17) is 4.99 Å². The van der Waals surface area contributed by atoms with Crippen molar-refractivity contribution < 1.29 is 0 Å². The minimum absolute atomic E-state index is 0.927. The van der Waals surface area contributed by atoms with Crippen LogP contribution in [0.4, 0.5) is 0 Å². The minimum Gasteiger partial charge on any atom is -0.253 e. The smallest absolute Gasteiger partial charge is 0.0711 e. The van der Waals surface area contributed by atoms with Gasteiger partial charge in [-0.3, -0.25) is 4.99 Å². The van der Waals surface area contributed by atoms with Crippen molar-refractivity contribution in [3.8, 4) is 22.3 Å². The Bertz CT molecular complexity index is 2250. The van der Waals surface area contributed by atoms with E-state index >= 15 is 0 Å². The van der Waals surface area contributed by atoms with Crippen molar-refractivity contribution in [1.82, 2.24) is 0 Å². The van der Waals surface area contributed by atoms with Crippen LogP contribution in [0.25, 0.3) is 44.7 Å². The van der Waals surface area contributed by atoms with E-state index in [-0.39, 0.29) is 0 Å². The average molecular weight is 660 g/mol. The maximum absolute atomic E-state index is 5.20. The van der Waals surface area contributed by atoms with Crippen LogP contribution in [-0.4, -0.2) is 5.71 Å². The van der Waals surface area contributed by atoms with Crippen molar-refractivity contribution in [3.63, 3.8) is 0 Å². The van der Waals surface area contributed by atoms with E-state index in [1.54, 1.807) is 0 Å². The zero-order valence-corrected chi connectivity index (χ0v) is 30.0. The summed E-state index contributed by atoms with van der Waals surface area (Å²) in [7, 11) is 0. The quantitative estimate of drug-likeness (QED) is 0.110. The van der Waals surface area contributed by atoms with Crippen LogP contribution in [-0.2, 0) is 0 Å². The molecule has 5 aromatic rings. The standard InChI is InChI=1S/C50H45N/c1-35-16-14-23-46(36(2)34-49(45-21-12-7-13-22-45)51-38(4)39-17-8-5-9-18-39)50(35)48-25-15-24-47(37(48)3)44-32-30-43(31-33-44)42-28-26-41(27-29-42)40-19-10-6-11-20-40/h5-8,10-17,19-30,32,34H,2,9,18,31,33H2,1,3-4H3/b49-34-,51-38+. The third-order valence-electron chi connectivity index (χ3n) is 10.2. The van der Waals surface area contributed by atoms with Crippen LogP contribution < -0.4 is 0 Å². The van der Waals surface area contributed by atoms with Crippen molar-refractivity contribution >= 4 is 28.1 Å². The maximum Gasteiger partial charge on any atom is 0.0711 e. The second kappa shape index (κ2) is 15.4. The van der Waals surface area contributed by atoms with E-state index in [1.807, 2.05) is 0 Å². The van der Waals surface area contributed by atoms with E-state index in [2.05, 4.69) is 185 Å². The van der Waals surface area contributed by atoms with Crippen molar-refractivity contribution in [2.45, 2.75) is 46.5 Å². The molecule has 0 fully saturated rings. The number of aryl methyl sites for hydroxylation is 1. The first kappa shape index (κ1) is 33.7. The molecular weight excluding hydrogens is 615 g/mol. The Kier molecular flexibility index (Phi) is 10.2. The second-order valence-corrected chi connectivity index (χ2v) is 13.6. The summed E-state index contributed by atoms with van der Waals surface area (Å²) in [5, 5.41) is 0. The topological polar surface area (TPSA) is 12.4 Å². The normalized spacial score (nSPS) is 14.8. The number of allylic oxidation sites excluding steroid dienone is 10. The Morgan fingerprint density at radius 2 is 1.27 bits per heavy atom. The largest absolute Gasteiger partial charge is 0.253 e. The molecule has 0 bridgehead atoms. The molecule has 0 saturated heterocycles. The Balaban J connectivity index is 1.21. The van der Waals surface area contributed by atoms with Crippen LogP contribution in [0.3, 0.4) is 0 Å². The first-order valence-electron chi connectivity index (χ1n) is 18.1. The molecule has 0 atom stereocenters. The fraction of sp³-hybridized carbons (Fsp3) is 0.140. The van der Waals surface area contributed by atoms with Gasteiger partial charge in [-0.15, -0.1) is 0 Å². The first-order chi connectivity index (χ1) is 25.0. The lowest BCUT2D eigenvalue weighted by Gasteiger charge is -2.21. The third-order valence-corrected chi connectivity index (χ3v) is 10.2. The van der Waals surface area contributed by atoms with Gasteiger partial charge in [-0.2, -0.15) is 0 Å². The van der Waals surface area contributed by atoms with Gasteiger partial charge in [0, 0.05) is 11.3 Å². The summed E-state index contributed by atoms with van der Waals surface area (Å²) in [5.41, 5.74) is 19.4. The van der Waals surface area contributed by atoms with E-state index in [9.17, 15) is 0 Å². The Morgan fingerprint density at radius 3 is 1.98 bits per heavy atom. The van der Waals surface area contributed by atoms with Crippen LogP contribution in [0.5, 0.6) is 0 Å². The molecule has 0 radical (unpaired) electrons. The second-order valence-electron chi connectivity index (χ2n) is 13.6. The molecule has 1 nitrogen and oxygen atoms in total. The van der Waals surface area contributed by atoms with Gasteiger partial charge >= 0.3 is 0 Å². The Morgan fingerprint density at radius 1 is 0.627 bits per heavy atom. The van der Waals surface area contributed by atoms with Gasteiger partial charge in [-0.25, -0.2) is 0 Å². The summed E-state index contributed by atoms with van der Waals surface area (Å²) in [5.74, 6) is 0. The lowest BCUT2D eigenvalue weighted by molar-refractivity contribution is 1.00. The number of benzene rings is 5. The molecule has 2 aliphatic carbocycles. The van der Waals surface area contributed by atoms with Gasteiger partial charge in [0.2, 0.25) is 0 Å². The monoisotopic (exact) mass is 659 g/mol. The van der Waals surface area contributed by atoms with Gasteiger partial charge in [-0.05, 0) is 125 Å². The molecule has 2 aliphatic rings. The highest BCUT2D eigenvalue weighted by Crippen LogP contribution is 2.40. The summed E-state index contributed by atoms with van der Waals surface area (Å²) < 4.78 is 0. The minimum atomic E-state index is 0.927. The van der Waals surface area contributed by atoms with E-state index in [0.29, 0.717) is 0 Å². The fourth-order valence-corrected chi connectivity index (χ4v) is 7.35. The molecule has 0 amide bonds. The third kappa shape index (κ3) is 7.54. The number of aliphatic imine (C=N–C) groups is 1. The lowest BCUT2D eigenvalue weighted by Crippen LogP contribution is -2.01. The van der Waals surface area contributed by atoms with Crippen molar-refractivity contribution in [1.29, 1.82) is 0 Å². The summed E-state index contributed by atoms with van der Waals surface area (Å²) in [6, 6.07) is 43.4. The van der Waals surface area contributed by atoms with Gasteiger partial charge in [-0.1, -0.05) is 158 Å². The highest BCUT2D eigenvalue weighted by Gasteiger charge is 2.18. The van der Waals surface area contributed by atoms with Gasteiger partial charge < -0.3 is 0 Å². The molecule has 0 aliphatic heterocycles. The number of nitrogens with zero attached hydrogens (tertiary/aromatic N) is 1. The molecule has 0 aromatic heterocycles. The Hall–Kier alpha value is -5.79. The van der Waals surface area contributed by atoms with Gasteiger partial charge in [0.05, 0.1) is 5.70 Å². The SMILES string of the molecule is C=C(/C=C(\N=C(/C)C1=CC=CCC1)c1ccccc1)c1cccc(C)c1-c1cccc(C2=CC=C(c3ccc(-c4ccccc4)cc3)CC2)c1C. The average Bonchev–Trinajstić information content (AvgIpc) is 3.19. The van der Waals surface area contributed by atoms with Gasteiger partial charge in [0.15, 0.2) is 0 Å². The molecule has 51 heavy (non-hydrogen) atoms. The molecule has 0 saturated carbocycles. The summed E-state index contributed by atoms with van der Waals surface area (Å²) in [6.45, 7) is 11.3. The van der Waals surface area contributed by atoms with Crippen LogP contribution in [0.2, 0.25) is 0 Å². The van der Waals surface area contributed by atoms with Crippen LogP contribution in [0.15, 0.2) is 175 Å². The molecule has 0 heterocycles. The summed E-state index contributed by atoms with van der Waals surface area (Å²) in [6.07, 6.45) is 17.5. The van der Waals surface area contributed by atoms with Crippen LogP contribution >= 0.6 is 0 Å². The number of hydrogen-bond donors (Lipinski definition) is 0. The van der Waals surface area contributed by atoms with E-state index < -0.39 is 0 Å². The molecule has 5 aromatic carbocycles. The zero-order valence-electron chi connectivity index (χ0n) is 30.0. The highest BCUT2D eigenvalue weighted by molar-refractivity contribution is 6.03. The number of hydrogen-bond acceptors (Lipinski definition) is 1. The summed E-state index contributed by atoms with van der Waals surface area (Å²) in [4.78, 5) is 5.20. The Labute approximate surface area is 304 Å². The molecule has 7 rings (SSSR count). The molecule has 1 heteroatoms. The first-order valence-corrected chi connectivity index (χ1v) is 18.1. The molecule has 250 valence electrons. The van der Waals surface area contributed by atoms with Gasteiger partial charge in [0.25, 0.3) is 0 Å². The molecule has 0 unspecified atom stereocenters. The molecule has 0 spiro atoms. The fourth-order valence-electron chi connectivity index (χ4n) is 7.35. The van der Waals surface area contributed by atoms with Crippen molar-refractivity contribution in [2.24, 2.45) is 4.99 Å².